The summed E-state index contributed by atoms with van der Waals surface area (Å²) in [6, 6.07) is 16.9. The highest BCUT2D eigenvalue weighted by molar-refractivity contribution is 7.89. The molecular weight excluding hydrogens is 512 g/mol. The number of rotatable bonds is 5. The molecule has 0 spiro atoms. The SMILES string of the molecule is O=c1ccn(-c2cccc(S(=O)(=O)N3CCCC3)c2)nc1-c1ccnn1-c1ccnc2cccc(Cl)c12. The van der Waals surface area contributed by atoms with E-state index in [0.29, 0.717) is 46.1 Å². The number of nitrogens with zero attached hydrogens (tertiary/aromatic N) is 6. The largest absolute Gasteiger partial charge is 0.287 e. The molecule has 0 N–H and O–H groups in total. The second-order valence-corrected chi connectivity index (χ2v) is 11.0. The van der Waals surface area contributed by atoms with Crippen LogP contribution in [-0.2, 0) is 10.0 Å². The Hall–Kier alpha value is -3.86. The van der Waals surface area contributed by atoms with Gasteiger partial charge in [-0.25, -0.2) is 17.8 Å². The molecular formula is C26H21ClN6O3S. The van der Waals surface area contributed by atoms with Crippen molar-refractivity contribution in [2.45, 2.75) is 17.7 Å². The molecule has 0 amide bonds. The Balaban J connectivity index is 1.45. The molecule has 1 aliphatic rings. The van der Waals surface area contributed by atoms with E-state index in [1.54, 1.807) is 59.5 Å². The predicted molar refractivity (Wildman–Crippen MR) is 141 cm³/mol. The first kappa shape index (κ1) is 23.5. The van der Waals surface area contributed by atoms with Crippen LogP contribution in [0, 0.1) is 0 Å². The standard InChI is InChI=1S/C26H21ClN6O3S/c27-20-7-4-8-21-25(20)22(9-12-28-21)33-23(10-13-29-33)26-24(34)11-16-32(30-26)18-5-3-6-19(17-18)37(35,36)31-14-1-2-15-31/h3-13,16-17H,1-2,14-15H2. The third-order valence-electron chi connectivity index (χ3n) is 6.40. The van der Waals surface area contributed by atoms with Crippen LogP contribution in [0.15, 0.2) is 88.9 Å². The fourth-order valence-electron chi connectivity index (χ4n) is 4.59. The number of hydrogen-bond donors (Lipinski definition) is 0. The number of halogens is 1. The van der Waals surface area contributed by atoms with E-state index in [1.807, 2.05) is 12.1 Å². The third kappa shape index (κ3) is 4.12. The molecule has 6 rings (SSSR count). The van der Waals surface area contributed by atoms with E-state index in [1.165, 1.54) is 21.3 Å². The fraction of sp³-hybridized carbons (Fsp3) is 0.154. The van der Waals surface area contributed by atoms with E-state index < -0.39 is 10.0 Å². The van der Waals surface area contributed by atoms with Crippen LogP contribution >= 0.6 is 11.6 Å². The third-order valence-corrected chi connectivity index (χ3v) is 8.61. The van der Waals surface area contributed by atoms with Gasteiger partial charge in [-0.1, -0.05) is 23.7 Å². The quantitative estimate of drug-likeness (QED) is 0.338. The van der Waals surface area contributed by atoms with E-state index in [0.717, 1.165) is 12.8 Å². The first-order chi connectivity index (χ1) is 17.9. The molecule has 0 bridgehead atoms. The van der Waals surface area contributed by atoms with Crippen molar-refractivity contribution in [2.24, 2.45) is 0 Å². The van der Waals surface area contributed by atoms with Crippen LogP contribution in [0.5, 0.6) is 0 Å². The van der Waals surface area contributed by atoms with E-state index in [4.69, 9.17) is 11.6 Å². The molecule has 1 fully saturated rings. The summed E-state index contributed by atoms with van der Waals surface area (Å²) in [5, 5.41) is 10.2. The van der Waals surface area contributed by atoms with Crippen molar-refractivity contribution in [1.82, 2.24) is 28.9 Å². The summed E-state index contributed by atoms with van der Waals surface area (Å²) >= 11 is 6.50. The maximum atomic E-state index is 13.1. The molecule has 0 radical (unpaired) electrons. The lowest BCUT2D eigenvalue weighted by Crippen LogP contribution is -2.28. The van der Waals surface area contributed by atoms with Gasteiger partial charge in [-0.05, 0) is 55.3 Å². The first-order valence-electron chi connectivity index (χ1n) is 11.7. The van der Waals surface area contributed by atoms with Gasteiger partial charge in [-0.15, -0.1) is 0 Å². The van der Waals surface area contributed by atoms with Crippen LogP contribution in [0.2, 0.25) is 5.02 Å². The van der Waals surface area contributed by atoms with Crippen LogP contribution in [0.3, 0.4) is 0 Å². The number of aromatic nitrogens is 5. The Labute approximate surface area is 217 Å². The zero-order valence-electron chi connectivity index (χ0n) is 19.5. The molecule has 37 heavy (non-hydrogen) atoms. The number of pyridine rings is 1. The highest BCUT2D eigenvalue weighted by atomic mass is 35.5. The van der Waals surface area contributed by atoms with Gasteiger partial charge in [0.2, 0.25) is 15.5 Å². The van der Waals surface area contributed by atoms with Crippen LogP contribution in [0.1, 0.15) is 12.8 Å². The zero-order chi connectivity index (χ0) is 25.6. The molecule has 3 aromatic heterocycles. The van der Waals surface area contributed by atoms with Crippen LogP contribution < -0.4 is 5.43 Å². The van der Waals surface area contributed by atoms with Gasteiger partial charge in [0.25, 0.3) is 0 Å². The van der Waals surface area contributed by atoms with Crippen molar-refractivity contribution in [3.8, 4) is 22.8 Å². The Morgan fingerprint density at radius 2 is 1.73 bits per heavy atom. The average molecular weight is 533 g/mol. The highest BCUT2D eigenvalue weighted by Crippen LogP contribution is 2.30. The second kappa shape index (κ2) is 9.22. The van der Waals surface area contributed by atoms with Crippen LogP contribution in [0.25, 0.3) is 33.7 Å². The molecule has 0 aliphatic carbocycles. The molecule has 0 unspecified atom stereocenters. The minimum absolute atomic E-state index is 0.157. The number of benzene rings is 2. The summed E-state index contributed by atoms with van der Waals surface area (Å²) in [5.74, 6) is 0. The van der Waals surface area contributed by atoms with Crippen molar-refractivity contribution in [3.05, 3.63) is 94.5 Å². The molecule has 0 atom stereocenters. The van der Waals surface area contributed by atoms with Crippen LogP contribution in [-0.4, -0.2) is 50.4 Å². The lowest BCUT2D eigenvalue weighted by atomic mass is 10.1. The summed E-state index contributed by atoms with van der Waals surface area (Å²) in [4.78, 5) is 17.5. The molecule has 5 aromatic rings. The normalized spacial score (nSPS) is 14.4. The topological polar surface area (TPSA) is 103 Å². The van der Waals surface area contributed by atoms with Crippen LogP contribution in [0.4, 0.5) is 0 Å². The highest BCUT2D eigenvalue weighted by Gasteiger charge is 2.27. The van der Waals surface area contributed by atoms with Gasteiger partial charge in [-0.3, -0.25) is 9.78 Å². The minimum atomic E-state index is -3.60. The van der Waals surface area contributed by atoms with Gasteiger partial charge in [0.1, 0.15) is 0 Å². The Kier molecular flexibility index (Phi) is 5.86. The van der Waals surface area contributed by atoms with Crippen molar-refractivity contribution in [2.75, 3.05) is 13.1 Å². The predicted octanol–water partition coefficient (Wildman–Crippen LogP) is 4.07. The lowest BCUT2D eigenvalue weighted by molar-refractivity contribution is 0.477. The second-order valence-electron chi connectivity index (χ2n) is 8.67. The van der Waals surface area contributed by atoms with E-state index in [2.05, 4.69) is 15.2 Å². The smallest absolute Gasteiger partial charge is 0.243 e. The van der Waals surface area contributed by atoms with E-state index in [-0.39, 0.29) is 16.0 Å². The molecule has 0 saturated carbocycles. The number of fused-ring (bicyclic) bond motifs is 1. The van der Waals surface area contributed by atoms with Crippen molar-refractivity contribution < 1.29 is 8.42 Å². The number of hydrogen-bond acceptors (Lipinski definition) is 6. The molecule has 9 nitrogen and oxygen atoms in total. The molecule has 11 heteroatoms. The zero-order valence-corrected chi connectivity index (χ0v) is 21.1. The molecule has 2 aromatic carbocycles. The number of sulfonamides is 1. The van der Waals surface area contributed by atoms with Gasteiger partial charge in [0.05, 0.1) is 38.7 Å². The maximum Gasteiger partial charge on any atom is 0.243 e. The Bertz CT molecular complexity index is 1800. The molecule has 186 valence electrons. The fourth-order valence-corrected chi connectivity index (χ4v) is 6.41. The molecule has 1 saturated heterocycles. The van der Waals surface area contributed by atoms with Crippen molar-refractivity contribution in [1.29, 1.82) is 0 Å². The summed E-state index contributed by atoms with van der Waals surface area (Å²) < 4.78 is 30.8. The lowest BCUT2D eigenvalue weighted by Gasteiger charge is -2.16. The van der Waals surface area contributed by atoms with Gasteiger partial charge in [0.15, 0.2) is 5.69 Å². The average Bonchev–Trinajstić information content (AvgIpc) is 3.62. The van der Waals surface area contributed by atoms with E-state index in [9.17, 15) is 13.2 Å². The molecule has 1 aliphatic heterocycles. The molecule has 4 heterocycles. The van der Waals surface area contributed by atoms with Gasteiger partial charge in [0, 0.05) is 36.9 Å². The summed E-state index contributed by atoms with van der Waals surface area (Å²) in [6.45, 7) is 1.04. The Morgan fingerprint density at radius 3 is 2.57 bits per heavy atom. The summed E-state index contributed by atoms with van der Waals surface area (Å²) in [6.07, 6.45) is 6.47. The van der Waals surface area contributed by atoms with Gasteiger partial charge < -0.3 is 0 Å². The minimum Gasteiger partial charge on any atom is -0.287 e. The first-order valence-corrected chi connectivity index (χ1v) is 13.5. The summed E-state index contributed by atoms with van der Waals surface area (Å²) in [7, 11) is -3.60. The Morgan fingerprint density at radius 1 is 0.919 bits per heavy atom. The van der Waals surface area contributed by atoms with Gasteiger partial charge in [-0.2, -0.15) is 14.5 Å². The van der Waals surface area contributed by atoms with E-state index >= 15 is 0 Å². The monoisotopic (exact) mass is 532 g/mol. The van der Waals surface area contributed by atoms with Crippen molar-refractivity contribution in [3.63, 3.8) is 0 Å². The summed E-state index contributed by atoms with van der Waals surface area (Å²) in [5.41, 5.74) is 2.19. The van der Waals surface area contributed by atoms with Gasteiger partial charge >= 0.3 is 0 Å². The van der Waals surface area contributed by atoms with Crippen molar-refractivity contribution >= 4 is 32.5 Å². The maximum absolute atomic E-state index is 13.1.